The molecule has 4 atom stereocenters. The predicted octanol–water partition coefficient (Wildman–Crippen LogP) is 3.66. The largest absolute Gasteiger partial charge is 0.580 e. The quantitative estimate of drug-likeness (QED) is 0.0154. The van der Waals surface area contributed by atoms with E-state index in [1.165, 1.54) is 62.8 Å². The van der Waals surface area contributed by atoms with Gasteiger partial charge in [-0.2, -0.15) is 23.6 Å². The number of benzene rings is 1. The summed E-state index contributed by atoms with van der Waals surface area (Å²) in [5.41, 5.74) is 6.05. The molecule has 1 aromatic heterocycles. The van der Waals surface area contributed by atoms with Crippen LogP contribution >= 0.6 is 67.0 Å². The van der Waals surface area contributed by atoms with Crippen LogP contribution < -0.4 is 22.2 Å². The van der Waals surface area contributed by atoms with Gasteiger partial charge in [-0.05, 0) is 55.0 Å². The van der Waals surface area contributed by atoms with Gasteiger partial charge >= 0.3 is 36.6 Å². The van der Waals surface area contributed by atoms with E-state index in [1.807, 2.05) is 34.6 Å². The van der Waals surface area contributed by atoms with Crippen molar-refractivity contribution in [2.45, 2.75) is 101 Å². The molecular weight excluding hydrogens is 996 g/mol. The van der Waals surface area contributed by atoms with Gasteiger partial charge in [0.05, 0.1) is 11.7 Å². The van der Waals surface area contributed by atoms with Gasteiger partial charge < -0.3 is 45.1 Å². The Bertz CT molecular complexity index is 2100. The molecule has 30 heteroatoms. The number of ether oxygens (including phenoxy) is 3. The second-order valence-corrected chi connectivity index (χ2v) is 26.1. The number of aromatic nitrogens is 2. The molecule has 3 rings (SSSR count). The Kier molecular flexibility index (Phi) is 23.5. The van der Waals surface area contributed by atoms with E-state index >= 15 is 0 Å². The van der Waals surface area contributed by atoms with Crippen LogP contribution in [0.15, 0.2) is 35.3 Å². The second-order valence-electron chi connectivity index (χ2n) is 15.6. The number of nitrogens with zero attached hydrogens (tertiary/aromatic N) is 2. The summed E-state index contributed by atoms with van der Waals surface area (Å²) >= 11 is 0. The molecule has 0 saturated carbocycles. The van der Waals surface area contributed by atoms with Crippen molar-refractivity contribution in [3.63, 3.8) is 0 Å². The molecule has 1 aromatic carbocycles. The average molecular weight is 1050 g/mol. The number of nitrogen functional groups attached to an aromatic ring is 1. The Morgan fingerprint density at radius 3 is 2.37 bits per heavy atom. The minimum atomic E-state index is -5.70. The van der Waals surface area contributed by atoms with E-state index in [4.69, 9.17) is 34.3 Å². The van der Waals surface area contributed by atoms with Crippen LogP contribution in [0.5, 0.6) is 0 Å². The van der Waals surface area contributed by atoms with Gasteiger partial charge in [0.2, 0.25) is 0 Å². The van der Waals surface area contributed by atoms with Crippen molar-refractivity contribution < 1.29 is 80.6 Å². The Morgan fingerprint density at radius 1 is 1.05 bits per heavy atom. The van der Waals surface area contributed by atoms with Crippen molar-refractivity contribution >= 4 is 97.1 Å². The Hall–Kier alpha value is -1.57. The van der Waals surface area contributed by atoms with Crippen molar-refractivity contribution in [1.82, 2.24) is 14.9 Å². The van der Waals surface area contributed by atoms with Gasteiger partial charge in [-0.3, -0.25) is 19.0 Å². The summed E-state index contributed by atoms with van der Waals surface area (Å²) in [6.45, 7) is 9.71. The second kappa shape index (κ2) is 26.4. The van der Waals surface area contributed by atoms with E-state index in [9.17, 15) is 48.2 Å². The van der Waals surface area contributed by atoms with Gasteiger partial charge in [-0.15, -0.1) is 0 Å². The lowest BCUT2D eigenvalue weighted by molar-refractivity contribution is -0.119. The van der Waals surface area contributed by atoms with Gasteiger partial charge in [-0.25, -0.2) is 13.9 Å². The lowest BCUT2D eigenvalue weighted by atomic mass is 9.80. The number of carbonyl (C=O) groups excluding carboxylic acids is 2. The Balaban J connectivity index is 1.46. The first-order valence-electron chi connectivity index (χ1n) is 19.5. The molecule has 2 aromatic rings. The molecule has 1 aliphatic rings. The molecule has 1 saturated heterocycles. The summed E-state index contributed by atoms with van der Waals surface area (Å²) in [4.78, 5) is 89.1. The van der Waals surface area contributed by atoms with Gasteiger partial charge in [0.25, 0.3) is 5.91 Å². The molecule has 364 valence electrons. The molecule has 1 fully saturated rings. The SMILES string of the molecule is CC(C)(C)SSCOC1C[C@H](n2cc(C#CCOCSSC(C)(C)CCC(=O)CCCCNC(=O)c3ccc(B(O)O)cc3)c(N)nc2=O)O[C@@H]1CO[P+](O)(O)OP(=O)(O)OP(=O)(O)O. The number of nitrogens with one attached hydrogen (secondary N) is 1. The van der Waals surface area contributed by atoms with E-state index in [0.29, 0.717) is 44.2 Å². The molecule has 0 spiro atoms. The molecule has 2 unspecified atom stereocenters. The van der Waals surface area contributed by atoms with Crippen molar-refractivity contribution in [1.29, 1.82) is 0 Å². The van der Waals surface area contributed by atoms with Crippen molar-refractivity contribution in [2.75, 3.05) is 37.4 Å². The minimum Gasteiger partial charge on any atom is -0.423 e. The molecule has 65 heavy (non-hydrogen) atoms. The fourth-order valence-electron chi connectivity index (χ4n) is 5.38. The standard InChI is InChI=1S/C35H54BN4O18P3S4/c1-34(2,3)64-63-23-54-28-19-30(56-29(28)21-55-60(49,50)58-61(51,52)57-59(46,47)48)40-20-25(31(37)39-33(40)43)9-8-18-53-22-62-65-35(4,5)16-15-27(41)10-6-7-17-38-32(42)24-11-13-26(14-12-24)36(44)45/h11-14,20,28-30,44-45,49-50H,6-7,10,15-19,21-23H2,1-5H3,(H5-,37,38,39,42,43,46,47,48,51,52)/p+1/t28?,29-,30-/m1/s1. The topological polar surface area (TPSA) is 338 Å². The number of phosphoric acid groups is 2. The lowest BCUT2D eigenvalue weighted by Gasteiger charge is -2.22. The van der Waals surface area contributed by atoms with Gasteiger partial charge in [0.1, 0.15) is 49.0 Å². The zero-order valence-electron chi connectivity index (χ0n) is 36.0. The van der Waals surface area contributed by atoms with Crippen LogP contribution in [-0.2, 0) is 41.3 Å². The Labute approximate surface area is 393 Å². The number of unbranched alkanes of at least 4 members (excludes halogenated alkanes) is 1. The third-order valence-corrected chi connectivity index (χ3v) is 18.3. The summed E-state index contributed by atoms with van der Waals surface area (Å²) in [7, 11) is -12.2. The highest BCUT2D eigenvalue weighted by Gasteiger charge is 2.53. The Morgan fingerprint density at radius 2 is 1.72 bits per heavy atom. The molecule has 10 N–H and O–H groups in total. The molecule has 0 bridgehead atoms. The maximum atomic E-state index is 13.0. The van der Waals surface area contributed by atoms with Crippen molar-refractivity contribution in [3.8, 4) is 11.8 Å². The van der Waals surface area contributed by atoms with Crippen LogP contribution in [0.25, 0.3) is 0 Å². The number of ketones is 1. The normalized spacial score (nSPS) is 17.9. The van der Waals surface area contributed by atoms with E-state index in [1.54, 1.807) is 10.8 Å². The van der Waals surface area contributed by atoms with E-state index in [0.717, 1.165) is 4.57 Å². The number of Topliss-reactive ketones (excluding diaryl/α,β-unsaturated/α-hetero) is 1. The number of rotatable bonds is 27. The zero-order chi connectivity index (χ0) is 48.6. The highest BCUT2D eigenvalue weighted by Crippen LogP contribution is 2.69. The third kappa shape index (κ3) is 23.1. The smallest absolute Gasteiger partial charge is 0.423 e. The van der Waals surface area contributed by atoms with Crippen LogP contribution in [0, 0.1) is 11.8 Å². The van der Waals surface area contributed by atoms with Gasteiger partial charge in [-0.1, -0.05) is 87.9 Å². The van der Waals surface area contributed by atoms with Gasteiger partial charge in [0, 0.05) is 47.1 Å². The molecule has 0 aliphatic carbocycles. The fourth-order valence-corrected chi connectivity index (χ4v) is 12.7. The van der Waals surface area contributed by atoms with E-state index in [2.05, 4.69) is 30.8 Å². The first kappa shape index (κ1) is 57.8. The third-order valence-electron chi connectivity index (χ3n) is 8.40. The van der Waals surface area contributed by atoms with Crippen LogP contribution in [0.4, 0.5) is 5.82 Å². The van der Waals surface area contributed by atoms with Crippen LogP contribution in [0.1, 0.15) is 95.3 Å². The van der Waals surface area contributed by atoms with Crippen molar-refractivity contribution in [2.24, 2.45) is 0 Å². The number of carbonyl (C=O) groups is 2. The monoisotopic (exact) mass is 1050 g/mol. The number of nitrogens with two attached hydrogens (primary N) is 1. The highest BCUT2D eigenvalue weighted by atomic mass is 33.1. The summed E-state index contributed by atoms with van der Waals surface area (Å²) in [6.07, 6.45) is 0.990. The predicted molar refractivity (Wildman–Crippen MR) is 251 cm³/mol. The molecule has 2 heterocycles. The van der Waals surface area contributed by atoms with E-state index < -0.39 is 61.7 Å². The lowest BCUT2D eigenvalue weighted by Crippen LogP contribution is -2.30. The van der Waals surface area contributed by atoms with Crippen LogP contribution in [0.3, 0.4) is 0 Å². The first-order valence-corrected chi connectivity index (χ1v) is 28.7. The summed E-state index contributed by atoms with van der Waals surface area (Å²) in [5, 5.41) is 21.2. The minimum absolute atomic E-state index is 0.000343. The van der Waals surface area contributed by atoms with Gasteiger partial charge in [0.15, 0.2) is 0 Å². The molecule has 1 aliphatic heterocycles. The summed E-state index contributed by atoms with van der Waals surface area (Å²) in [5.74, 6) is 5.74. The number of amides is 1. The van der Waals surface area contributed by atoms with Crippen molar-refractivity contribution in [3.05, 3.63) is 52.1 Å². The van der Waals surface area contributed by atoms with Crippen LogP contribution in [-0.4, -0.2) is 116 Å². The summed E-state index contributed by atoms with van der Waals surface area (Å²) < 4.78 is 53.8. The molecular formula is C35H55BN4O18P3S4+. The number of anilines is 1. The maximum Gasteiger partial charge on any atom is 0.580 e. The average Bonchev–Trinajstić information content (AvgIpc) is 3.59. The maximum absolute atomic E-state index is 13.0. The zero-order valence-corrected chi connectivity index (χ0v) is 42.0. The highest BCUT2D eigenvalue weighted by molar-refractivity contribution is 8.77. The molecule has 1 amide bonds. The molecule has 0 radical (unpaired) electrons. The van der Waals surface area contributed by atoms with Crippen LogP contribution in [0.2, 0.25) is 0 Å². The number of hydrogen-bond acceptors (Lipinski definition) is 21. The summed E-state index contributed by atoms with van der Waals surface area (Å²) in [6, 6.07) is 5.95. The van der Waals surface area contributed by atoms with E-state index in [-0.39, 0.29) is 62.9 Å². The number of hydrogen-bond donors (Lipinski definition) is 9. The fraction of sp³-hybridized carbons (Fsp3) is 0.600. The first-order chi connectivity index (χ1) is 30.1. The molecule has 22 nitrogen and oxygen atoms in total.